The summed E-state index contributed by atoms with van der Waals surface area (Å²) in [4.78, 5) is 0.879. The summed E-state index contributed by atoms with van der Waals surface area (Å²) < 4.78 is 27.5. The van der Waals surface area contributed by atoms with E-state index >= 15 is 0 Å². The summed E-state index contributed by atoms with van der Waals surface area (Å²) in [7, 11) is -3.75. The fourth-order valence-electron chi connectivity index (χ4n) is 1.77. The topological polar surface area (TPSA) is 72.2 Å². The van der Waals surface area contributed by atoms with Gasteiger partial charge >= 0.3 is 0 Å². The molecule has 0 aromatic heterocycles. The third-order valence-corrected chi connectivity index (χ3v) is 5.48. The molecule has 0 radical (unpaired) electrons. The smallest absolute Gasteiger partial charge is 0.263 e. The molecule has 2 rings (SSSR count). The van der Waals surface area contributed by atoms with Gasteiger partial charge in [-0.05, 0) is 36.1 Å². The number of hydrogen-bond acceptors (Lipinski definition) is 4. The fourth-order valence-corrected chi connectivity index (χ4v) is 4.23. The Balaban J connectivity index is 2.38. The van der Waals surface area contributed by atoms with Crippen molar-refractivity contribution in [3.05, 3.63) is 47.5 Å². The van der Waals surface area contributed by atoms with E-state index < -0.39 is 10.0 Å². The van der Waals surface area contributed by atoms with Crippen LogP contribution in [0.1, 0.15) is 6.92 Å². The van der Waals surface area contributed by atoms with Crippen LogP contribution in [0.15, 0.2) is 52.3 Å². The van der Waals surface area contributed by atoms with Crippen LogP contribution in [0.5, 0.6) is 0 Å². The van der Waals surface area contributed by atoms with E-state index in [4.69, 9.17) is 17.3 Å². The molecule has 3 N–H and O–H groups in total. The number of hydrogen-bond donors (Lipinski definition) is 2. The predicted molar refractivity (Wildman–Crippen MR) is 89.5 cm³/mol. The summed E-state index contributed by atoms with van der Waals surface area (Å²) in [5, 5.41) is 0.100. The lowest BCUT2D eigenvalue weighted by molar-refractivity contribution is 0.601. The number of para-hydroxylation sites is 1. The van der Waals surface area contributed by atoms with Gasteiger partial charge in [-0.2, -0.15) is 0 Å². The zero-order chi connectivity index (χ0) is 15.5. The van der Waals surface area contributed by atoms with Crippen molar-refractivity contribution in [1.29, 1.82) is 0 Å². The van der Waals surface area contributed by atoms with Gasteiger partial charge in [0.25, 0.3) is 10.0 Å². The number of nitrogen functional groups attached to an aromatic ring is 1. The third kappa shape index (κ3) is 3.84. The molecule has 0 fully saturated rings. The molecule has 0 atom stereocenters. The van der Waals surface area contributed by atoms with Crippen molar-refractivity contribution < 1.29 is 8.42 Å². The molecule has 0 amide bonds. The average Bonchev–Trinajstić information content (AvgIpc) is 2.40. The second-order valence-corrected chi connectivity index (χ2v) is 7.59. The highest BCUT2D eigenvalue weighted by Crippen LogP contribution is 2.30. The van der Waals surface area contributed by atoms with Gasteiger partial charge in [-0.15, -0.1) is 11.8 Å². The molecule has 0 saturated heterocycles. The summed E-state index contributed by atoms with van der Waals surface area (Å²) in [5.41, 5.74) is 6.54. The monoisotopic (exact) mass is 342 g/mol. The Hall–Kier alpha value is -1.37. The molecular formula is C14H15ClN2O2S2. The fraction of sp³-hybridized carbons (Fsp3) is 0.143. The van der Waals surface area contributed by atoms with Gasteiger partial charge in [-0.25, -0.2) is 8.42 Å². The molecule has 0 heterocycles. The van der Waals surface area contributed by atoms with Gasteiger partial charge in [0.2, 0.25) is 0 Å². The Morgan fingerprint density at radius 1 is 1.24 bits per heavy atom. The number of halogens is 1. The van der Waals surface area contributed by atoms with Crippen molar-refractivity contribution in [1.82, 2.24) is 0 Å². The maximum absolute atomic E-state index is 12.4. The lowest BCUT2D eigenvalue weighted by Crippen LogP contribution is -2.14. The van der Waals surface area contributed by atoms with Gasteiger partial charge in [0, 0.05) is 10.6 Å². The van der Waals surface area contributed by atoms with Gasteiger partial charge in [0.15, 0.2) is 0 Å². The van der Waals surface area contributed by atoms with E-state index in [0.717, 1.165) is 10.6 Å². The Kier molecular flexibility index (Phi) is 5.03. The highest BCUT2D eigenvalue weighted by Gasteiger charge is 2.19. The standard InChI is InChI=1S/C14H15ClN2O2S2/c1-2-20-13-6-4-3-5-12(13)17-21(18,19)14-8-7-10(16)9-11(14)15/h3-9,17H,2,16H2,1H3. The zero-order valence-corrected chi connectivity index (χ0v) is 13.7. The number of sulfonamides is 1. The van der Waals surface area contributed by atoms with Gasteiger partial charge in [-0.1, -0.05) is 30.7 Å². The quantitative estimate of drug-likeness (QED) is 0.639. The highest BCUT2D eigenvalue weighted by atomic mass is 35.5. The third-order valence-electron chi connectivity index (χ3n) is 2.68. The molecular weight excluding hydrogens is 328 g/mol. The maximum Gasteiger partial charge on any atom is 0.263 e. The Bertz CT molecular complexity index is 748. The van der Waals surface area contributed by atoms with Crippen LogP contribution in [-0.4, -0.2) is 14.2 Å². The lowest BCUT2D eigenvalue weighted by atomic mass is 10.3. The van der Waals surface area contributed by atoms with Crippen LogP contribution in [0.2, 0.25) is 5.02 Å². The number of rotatable bonds is 5. The van der Waals surface area contributed by atoms with E-state index in [9.17, 15) is 8.42 Å². The molecule has 0 saturated carbocycles. The van der Waals surface area contributed by atoms with Crippen LogP contribution >= 0.6 is 23.4 Å². The van der Waals surface area contributed by atoms with Crippen molar-refractivity contribution in [2.75, 3.05) is 16.2 Å². The lowest BCUT2D eigenvalue weighted by Gasteiger charge is -2.13. The van der Waals surface area contributed by atoms with Crippen LogP contribution < -0.4 is 10.5 Å². The minimum absolute atomic E-state index is 0.00895. The van der Waals surface area contributed by atoms with Gasteiger partial charge in [-0.3, -0.25) is 4.72 Å². The van der Waals surface area contributed by atoms with Crippen LogP contribution in [0.25, 0.3) is 0 Å². The SMILES string of the molecule is CCSc1ccccc1NS(=O)(=O)c1ccc(N)cc1Cl. The predicted octanol–water partition coefficient (Wildman–Crippen LogP) is 3.84. The van der Waals surface area contributed by atoms with E-state index in [-0.39, 0.29) is 9.92 Å². The molecule has 0 aliphatic carbocycles. The van der Waals surface area contributed by atoms with E-state index in [2.05, 4.69) is 4.72 Å². The molecule has 0 aliphatic rings. The van der Waals surface area contributed by atoms with E-state index in [1.165, 1.54) is 18.2 Å². The molecule has 0 unspecified atom stereocenters. The van der Waals surface area contributed by atoms with Crippen molar-refractivity contribution in [2.24, 2.45) is 0 Å². The molecule has 0 spiro atoms. The molecule has 7 heteroatoms. The van der Waals surface area contributed by atoms with Crippen molar-refractivity contribution in [3.63, 3.8) is 0 Å². The van der Waals surface area contributed by atoms with Crippen LogP contribution in [0, 0.1) is 0 Å². The van der Waals surface area contributed by atoms with Crippen LogP contribution in [0.4, 0.5) is 11.4 Å². The van der Waals surface area contributed by atoms with Gasteiger partial charge in [0.05, 0.1) is 10.7 Å². The number of anilines is 2. The Morgan fingerprint density at radius 2 is 1.95 bits per heavy atom. The second kappa shape index (κ2) is 6.60. The molecule has 0 aliphatic heterocycles. The molecule has 2 aromatic rings. The number of nitrogens with one attached hydrogen (secondary N) is 1. The molecule has 0 bridgehead atoms. The van der Waals surface area contributed by atoms with E-state index in [1.54, 1.807) is 23.9 Å². The average molecular weight is 343 g/mol. The number of nitrogens with two attached hydrogens (primary N) is 1. The molecule has 4 nitrogen and oxygen atoms in total. The zero-order valence-electron chi connectivity index (χ0n) is 11.3. The van der Waals surface area contributed by atoms with Crippen LogP contribution in [-0.2, 0) is 10.0 Å². The van der Waals surface area contributed by atoms with Crippen LogP contribution in [0.3, 0.4) is 0 Å². The summed E-state index contributed by atoms with van der Waals surface area (Å²) in [6, 6.07) is 11.6. The van der Waals surface area contributed by atoms with E-state index in [1.807, 2.05) is 19.1 Å². The first-order valence-corrected chi connectivity index (χ1v) is 9.08. The maximum atomic E-state index is 12.4. The first kappa shape index (κ1) is 16.0. The van der Waals surface area contributed by atoms with Crippen molar-refractivity contribution >= 4 is 44.8 Å². The summed E-state index contributed by atoms with van der Waals surface area (Å²) in [6.07, 6.45) is 0. The van der Waals surface area contributed by atoms with Gasteiger partial charge < -0.3 is 5.73 Å². The summed E-state index contributed by atoms with van der Waals surface area (Å²) in [6.45, 7) is 2.01. The Labute approximate surface area is 133 Å². The summed E-state index contributed by atoms with van der Waals surface area (Å²) >= 11 is 7.54. The first-order valence-electron chi connectivity index (χ1n) is 6.23. The summed E-state index contributed by atoms with van der Waals surface area (Å²) in [5.74, 6) is 0.849. The minimum atomic E-state index is -3.75. The van der Waals surface area contributed by atoms with Gasteiger partial charge in [0.1, 0.15) is 4.90 Å². The van der Waals surface area contributed by atoms with E-state index in [0.29, 0.717) is 11.4 Å². The van der Waals surface area contributed by atoms with Crippen molar-refractivity contribution in [2.45, 2.75) is 16.7 Å². The largest absolute Gasteiger partial charge is 0.399 e. The Morgan fingerprint density at radius 3 is 2.62 bits per heavy atom. The number of benzene rings is 2. The molecule has 2 aromatic carbocycles. The number of thioether (sulfide) groups is 1. The minimum Gasteiger partial charge on any atom is -0.399 e. The molecule has 112 valence electrons. The second-order valence-electron chi connectivity index (χ2n) is 4.22. The molecule has 21 heavy (non-hydrogen) atoms. The van der Waals surface area contributed by atoms with Crippen molar-refractivity contribution in [3.8, 4) is 0 Å². The highest BCUT2D eigenvalue weighted by molar-refractivity contribution is 7.99. The normalized spacial score (nSPS) is 11.3. The first-order chi connectivity index (χ1) is 9.94.